The monoisotopic (exact) mass is 287 g/mol. The molecule has 0 radical (unpaired) electrons. The van der Waals surface area contributed by atoms with E-state index in [0.717, 1.165) is 0 Å². The summed E-state index contributed by atoms with van der Waals surface area (Å²) in [5.41, 5.74) is 1.47. The predicted octanol–water partition coefficient (Wildman–Crippen LogP) is 2.73. The van der Waals surface area contributed by atoms with Gasteiger partial charge in [-0.1, -0.05) is 18.2 Å². The fourth-order valence-electron chi connectivity index (χ4n) is 1.73. The van der Waals surface area contributed by atoms with Crippen LogP contribution in [0, 0.1) is 10.1 Å². The molecule has 2 rings (SSSR count). The maximum absolute atomic E-state index is 11.8. The minimum Gasteiger partial charge on any atom is -0.392 e. The van der Waals surface area contributed by atoms with Crippen molar-refractivity contribution in [2.24, 2.45) is 0 Å². The van der Waals surface area contributed by atoms with E-state index >= 15 is 0 Å². The van der Waals surface area contributed by atoms with Gasteiger partial charge in [0.1, 0.15) is 0 Å². The summed E-state index contributed by atoms with van der Waals surface area (Å²) in [6.07, 6.45) is 0. The van der Waals surface area contributed by atoms with E-state index in [0.29, 0.717) is 16.9 Å². The Kier molecular flexibility index (Phi) is 4.47. The Bertz CT molecular complexity index is 656. The summed E-state index contributed by atoms with van der Waals surface area (Å²) in [6.45, 7) is -0.187. The number of non-ortho nitro benzene ring substituents is 1. The first-order valence-corrected chi connectivity index (χ1v) is 6.11. The van der Waals surface area contributed by atoms with E-state index < -0.39 is 11.0 Å². The molecule has 7 heteroatoms. The van der Waals surface area contributed by atoms with Gasteiger partial charge in [0.15, 0.2) is 0 Å². The second-order valence-electron chi connectivity index (χ2n) is 4.20. The van der Waals surface area contributed by atoms with Gasteiger partial charge in [-0.25, -0.2) is 4.79 Å². The lowest BCUT2D eigenvalue weighted by Crippen LogP contribution is -2.20. The summed E-state index contributed by atoms with van der Waals surface area (Å²) in [6, 6.07) is 11.8. The van der Waals surface area contributed by atoms with Crippen molar-refractivity contribution in [3.05, 3.63) is 64.2 Å². The molecular weight excluding hydrogens is 274 g/mol. The molecular formula is C14H13N3O4. The van der Waals surface area contributed by atoms with E-state index in [2.05, 4.69) is 10.6 Å². The summed E-state index contributed by atoms with van der Waals surface area (Å²) in [4.78, 5) is 21.8. The summed E-state index contributed by atoms with van der Waals surface area (Å²) in [5.74, 6) is 0. The molecule has 0 saturated carbocycles. The number of urea groups is 1. The molecule has 2 aromatic rings. The molecule has 0 bridgehead atoms. The summed E-state index contributed by atoms with van der Waals surface area (Å²) in [7, 11) is 0. The van der Waals surface area contributed by atoms with Crippen LogP contribution < -0.4 is 10.6 Å². The van der Waals surface area contributed by atoms with E-state index in [1.165, 1.54) is 24.3 Å². The zero-order valence-corrected chi connectivity index (χ0v) is 10.9. The summed E-state index contributed by atoms with van der Waals surface area (Å²) >= 11 is 0. The number of hydrogen-bond donors (Lipinski definition) is 3. The number of amides is 2. The lowest BCUT2D eigenvalue weighted by atomic mass is 10.2. The molecule has 0 spiro atoms. The van der Waals surface area contributed by atoms with Gasteiger partial charge in [-0.05, 0) is 18.2 Å². The van der Waals surface area contributed by atoms with E-state index in [1.54, 1.807) is 24.3 Å². The van der Waals surface area contributed by atoms with Gasteiger partial charge in [0, 0.05) is 29.1 Å². The molecule has 0 heterocycles. The van der Waals surface area contributed by atoms with E-state index in [9.17, 15) is 14.9 Å². The van der Waals surface area contributed by atoms with Gasteiger partial charge in [-0.2, -0.15) is 0 Å². The zero-order chi connectivity index (χ0) is 15.2. The first-order valence-electron chi connectivity index (χ1n) is 6.11. The van der Waals surface area contributed by atoms with Gasteiger partial charge < -0.3 is 15.7 Å². The molecule has 0 aliphatic carbocycles. The lowest BCUT2D eigenvalue weighted by molar-refractivity contribution is -0.384. The van der Waals surface area contributed by atoms with Crippen LogP contribution >= 0.6 is 0 Å². The third-order valence-electron chi connectivity index (χ3n) is 2.77. The smallest absolute Gasteiger partial charge is 0.323 e. The Balaban J connectivity index is 2.03. The normalized spacial score (nSPS) is 9.95. The standard InChI is InChI=1S/C14H13N3O4/c18-9-10-3-1-2-4-13(10)16-14(19)15-11-5-7-12(8-6-11)17(20)21/h1-8,18H,9H2,(H2,15,16,19). The first kappa shape index (κ1) is 14.5. The molecule has 0 atom stereocenters. The fourth-order valence-corrected chi connectivity index (χ4v) is 1.73. The number of carbonyl (C=O) groups is 1. The van der Waals surface area contributed by atoms with Crippen LogP contribution in [0.4, 0.5) is 21.9 Å². The molecule has 2 aromatic carbocycles. The van der Waals surface area contributed by atoms with Crippen LogP contribution in [-0.2, 0) is 6.61 Å². The van der Waals surface area contributed by atoms with Crippen molar-refractivity contribution in [3.63, 3.8) is 0 Å². The molecule has 0 aliphatic rings. The van der Waals surface area contributed by atoms with Gasteiger partial charge in [-0.3, -0.25) is 10.1 Å². The Morgan fingerprint density at radius 2 is 1.76 bits per heavy atom. The fraction of sp³-hybridized carbons (Fsp3) is 0.0714. The number of para-hydroxylation sites is 1. The average molecular weight is 287 g/mol. The Labute approximate surface area is 120 Å². The van der Waals surface area contributed by atoms with Crippen molar-refractivity contribution in [1.82, 2.24) is 0 Å². The molecule has 0 unspecified atom stereocenters. The number of aliphatic hydroxyl groups is 1. The Morgan fingerprint density at radius 1 is 1.10 bits per heavy atom. The number of nitrogens with zero attached hydrogens (tertiary/aromatic N) is 1. The van der Waals surface area contributed by atoms with Crippen molar-refractivity contribution in [2.45, 2.75) is 6.61 Å². The van der Waals surface area contributed by atoms with E-state index in [4.69, 9.17) is 5.11 Å². The molecule has 21 heavy (non-hydrogen) atoms. The number of nitro groups is 1. The third-order valence-corrected chi connectivity index (χ3v) is 2.77. The van der Waals surface area contributed by atoms with Crippen molar-refractivity contribution in [1.29, 1.82) is 0 Å². The molecule has 2 amide bonds. The SMILES string of the molecule is O=C(Nc1ccc([N+](=O)[O-])cc1)Nc1ccccc1CO. The highest BCUT2D eigenvalue weighted by Crippen LogP contribution is 2.17. The van der Waals surface area contributed by atoms with Crippen molar-refractivity contribution < 1.29 is 14.8 Å². The molecule has 3 N–H and O–H groups in total. The van der Waals surface area contributed by atoms with E-state index in [-0.39, 0.29) is 12.3 Å². The highest BCUT2D eigenvalue weighted by atomic mass is 16.6. The first-order chi connectivity index (χ1) is 10.1. The lowest BCUT2D eigenvalue weighted by Gasteiger charge is -2.10. The number of aliphatic hydroxyl groups excluding tert-OH is 1. The van der Waals surface area contributed by atoms with Crippen LogP contribution in [0.3, 0.4) is 0 Å². The number of carbonyl (C=O) groups excluding carboxylic acids is 1. The number of rotatable bonds is 4. The topological polar surface area (TPSA) is 104 Å². The van der Waals surface area contributed by atoms with Gasteiger partial charge in [0.25, 0.3) is 5.69 Å². The number of benzene rings is 2. The number of hydrogen-bond acceptors (Lipinski definition) is 4. The average Bonchev–Trinajstić information content (AvgIpc) is 2.48. The van der Waals surface area contributed by atoms with Gasteiger partial charge >= 0.3 is 6.03 Å². The highest BCUT2D eigenvalue weighted by Gasteiger charge is 2.08. The van der Waals surface area contributed by atoms with E-state index in [1.807, 2.05) is 0 Å². The second kappa shape index (κ2) is 6.49. The molecule has 0 aromatic heterocycles. The third kappa shape index (κ3) is 3.77. The van der Waals surface area contributed by atoms with Crippen molar-refractivity contribution in [2.75, 3.05) is 10.6 Å². The maximum Gasteiger partial charge on any atom is 0.323 e. The summed E-state index contributed by atoms with van der Waals surface area (Å²) < 4.78 is 0. The molecule has 7 nitrogen and oxygen atoms in total. The number of nitro benzene ring substituents is 1. The van der Waals surface area contributed by atoms with Crippen molar-refractivity contribution in [3.8, 4) is 0 Å². The van der Waals surface area contributed by atoms with Crippen LogP contribution in [-0.4, -0.2) is 16.1 Å². The molecule has 108 valence electrons. The van der Waals surface area contributed by atoms with Crippen LogP contribution in [0.25, 0.3) is 0 Å². The molecule has 0 aliphatic heterocycles. The second-order valence-corrected chi connectivity index (χ2v) is 4.20. The highest BCUT2D eigenvalue weighted by molar-refractivity contribution is 6.00. The van der Waals surface area contributed by atoms with Crippen LogP contribution in [0.1, 0.15) is 5.56 Å². The minimum atomic E-state index is -0.513. The number of nitrogens with one attached hydrogen (secondary N) is 2. The maximum atomic E-state index is 11.8. The zero-order valence-electron chi connectivity index (χ0n) is 10.9. The van der Waals surface area contributed by atoms with Gasteiger partial charge in [0.2, 0.25) is 0 Å². The molecule has 0 fully saturated rings. The van der Waals surface area contributed by atoms with Crippen LogP contribution in [0.5, 0.6) is 0 Å². The number of anilines is 2. The van der Waals surface area contributed by atoms with Crippen LogP contribution in [0.15, 0.2) is 48.5 Å². The minimum absolute atomic E-state index is 0.0495. The summed E-state index contributed by atoms with van der Waals surface area (Å²) in [5, 5.41) is 24.9. The Morgan fingerprint density at radius 3 is 2.38 bits per heavy atom. The quantitative estimate of drug-likeness (QED) is 0.594. The van der Waals surface area contributed by atoms with Crippen LogP contribution in [0.2, 0.25) is 0 Å². The van der Waals surface area contributed by atoms with Gasteiger partial charge in [0.05, 0.1) is 11.5 Å². The van der Waals surface area contributed by atoms with Gasteiger partial charge in [-0.15, -0.1) is 0 Å². The predicted molar refractivity (Wildman–Crippen MR) is 78.1 cm³/mol. The molecule has 0 saturated heterocycles. The largest absolute Gasteiger partial charge is 0.392 e. The van der Waals surface area contributed by atoms with Crippen molar-refractivity contribution >= 4 is 23.1 Å². The Hall–Kier alpha value is -2.93.